The highest BCUT2D eigenvalue weighted by Crippen LogP contribution is 2.39. The van der Waals surface area contributed by atoms with Crippen LogP contribution in [0, 0.1) is 0 Å². The molecular formula is C15H29NO. The van der Waals surface area contributed by atoms with Gasteiger partial charge in [0.2, 0.25) is 0 Å². The smallest absolute Gasteiger partial charge is 0.0693 e. The first-order valence-corrected chi connectivity index (χ1v) is 7.16. The van der Waals surface area contributed by atoms with E-state index in [4.69, 9.17) is 4.74 Å². The summed E-state index contributed by atoms with van der Waals surface area (Å²) in [6.45, 7) is 7.14. The van der Waals surface area contributed by atoms with Gasteiger partial charge in [-0.25, -0.2) is 0 Å². The highest BCUT2D eigenvalue weighted by Gasteiger charge is 2.38. The Labute approximate surface area is 107 Å². The van der Waals surface area contributed by atoms with Crippen LogP contribution in [-0.4, -0.2) is 25.3 Å². The molecule has 0 aromatic rings. The van der Waals surface area contributed by atoms with Crippen LogP contribution < -0.4 is 5.32 Å². The summed E-state index contributed by atoms with van der Waals surface area (Å²) in [5.74, 6) is 0. The Morgan fingerprint density at radius 2 is 2.24 bits per heavy atom. The maximum absolute atomic E-state index is 5.73. The predicted molar refractivity (Wildman–Crippen MR) is 74.3 cm³/mol. The van der Waals surface area contributed by atoms with Gasteiger partial charge in [0.15, 0.2) is 0 Å². The zero-order chi connectivity index (χ0) is 12.6. The minimum Gasteiger partial charge on any atom is -0.378 e. The molecule has 0 bridgehead atoms. The maximum Gasteiger partial charge on any atom is 0.0693 e. The largest absolute Gasteiger partial charge is 0.378 e. The first-order valence-electron chi connectivity index (χ1n) is 7.16. The number of ether oxygens (including phenoxy) is 1. The van der Waals surface area contributed by atoms with E-state index in [1.54, 1.807) is 0 Å². The Hall–Kier alpha value is -0.340. The first kappa shape index (κ1) is 14.7. The Morgan fingerprint density at radius 1 is 1.47 bits per heavy atom. The Morgan fingerprint density at radius 3 is 2.71 bits per heavy atom. The van der Waals surface area contributed by atoms with Crippen molar-refractivity contribution in [3.63, 3.8) is 0 Å². The Balaban J connectivity index is 2.35. The van der Waals surface area contributed by atoms with E-state index in [2.05, 4.69) is 18.8 Å². The van der Waals surface area contributed by atoms with Gasteiger partial charge >= 0.3 is 0 Å². The summed E-state index contributed by atoms with van der Waals surface area (Å²) in [7, 11) is 1.87. The molecule has 100 valence electrons. The van der Waals surface area contributed by atoms with Crippen molar-refractivity contribution in [2.75, 3.05) is 13.7 Å². The molecule has 17 heavy (non-hydrogen) atoms. The fraction of sp³-hybridized carbons (Fsp3) is 0.867. The zero-order valence-electron chi connectivity index (χ0n) is 11.6. The van der Waals surface area contributed by atoms with Gasteiger partial charge in [0.25, 0.3) is 0 Å². The minimum absolute atomic E-state index is 0.194. The average molecular weight is 239 g/mol. The number of unbranched alkanes of at least 4 members (excludes halogenated alkanes) is 1. The van der Waals surface area contributed by atoms with Crippen LogP contribution in [0.15, 0.2) is 12.7 Å². The summed E-state index contributed by atoms with van der Waals surface area (Å²) in [5.41, 5.74) is 0.194. The second kappa shape index (κ2) is 7.88. The molecule has 0 radical (unpaired) electrons. The molecule has 1 unspecified atom stereocenters. The Bertz CT molecular complexity index is 205. The molecule has 1 fully saturated rings. The lowest BCUT2D eigenvalue weighted by atomic mass is 9.75. The third kappa shape index (κ3) is 4.81. The molecule has 1 N–H and O–H groups in total. The molecule has 0 heterocycles. The molecule has 1 rings (SSSR count). The van der Waals surface area contributed by atoms with Crippen LogP contribution in [0.3, 0.4) is 0 Å². The number of allylic oxidation sites excluding steroid dienone is 1. The summed E-state index contributed by atoms with van der Waals surface area (Å²) in [5, 5.41) is 3.67. The predicted octanol–water partition coefficient (Wildman–Crippen LogP) is 3.67. The molecule has 2 heteroatoms. The molecule has 0 aromatic heterocycles. The van der Waals surface area contributed by atoms with Gasteiger partial charge in [-0.1, -0.05) is 13.0 Å². The molecule has 0 aromatic carbocycles. The number of hydrogen-bond donors (Lipinski definition) is 1. The van der Waals surface area contributed by atoms with Crippen LogP contribution in [0.5, 0.6) is 0 Å². The summed E-state index contributed by atoms with van der Waals surface area (Å²) >= 11 is 0. The van der Waals surface area contributed by atoms with Crippen LogP contribution in [0.2, 0.25) is 0 Å². The van der Waals surface area contributed by atoms with Crippen molar-refractivity contribution in [3.05, 3.63) is 12.7 Å². The molecule has 1 saturated carbocycles. The molecule has 2 nitrogen and oxygen atoms in total. The standard InChI is InChI=1S/C15H29NO/c1-4-6-7-9-14(16-12-5-2)13-15(17-3)10-8-11-15/h4,14,16H,1,5-13H2,2-3H3. The highest BCUT2D eigenvalue weighted by molar-refractivity contribution is 4.93. The highest BCUT2D eigenvalue weighted by atomic mass is 16.5. The molecule has 1 aliphatic carbocycles. The van der Waals surface area contributed by atoms with Gasteiger partial charge in [0.05, 0.1) is 5.60 Å². The van der Waals surface area contributed by atoms with Crippen LogP contribution >= 0.6 is 0 Å². The fourth-order valence-electron chi connectivity index (χ4n) is 2.65. The number of methoxy groups -OCH3 is 1. The van der Waals surface area contributed by atoms with E-state index in [0.29, 0.717) is 6.04 Å². The van der Waals surface area contributed by atoms with Crippen molar-refractivity contribution in [3.8, 4) is 0 Å². The van der Waals surface area contributed by atoms with Crippen LogP contribution in [0.4, 0.5) is 0 Å². The lowest BCUT2D eigenvalue weighted by molar-refractivity contribution is -0.0839. The SMILES string of the molecule is C=CCCCC(CC1(OC)CCC1)NCCC. The van der Waals surface area contributed by atoms with Gasteiger partial charge in [-0.15, -0.1) is 6.58 Å². The van der Waals surface area contributed by atoms with Gasteiger partial charge in [-0.05, 0) is 57.9 Å². The number of hydrogen-bond acceptors (Lipinski definition) is 2. The number of nitrogens with one attached hydrogen (secondary N) is 1. The van der Waals surface area contributed by atoms with Gasteiger partial charge in [-0.3, -0.25) is 0 Å². The van der Waals surface area contributed by atoms with Crippen molar-refractivity contribution in [1.29, 1.82) is 0 Å². The van der Waals surface area contributed by atoms with Gasteiger partial charge in [-0.2, -0.15) is 0 Å². The molecule has 0 aliphatic heterocycles. The van der Waals surface area contributed by atoms with E-state index in [0.717, 1.165) is 13.0 Å². The second-order valence-corrected chi connectivity index (χ2v) is 5.32. The van der Waals surface area contributed by atoms with E-state index in [9.17, 15) is 0 Å². The summed E-state index contributed by atoms with van der Waals surface area (Å²) in [6, 6.07) is 0.621. The van der Waals surface area contributed by atoms with Crippen LogP contribution in [0.25, 0.3) is 0 Å². The summed E-state index contributed by atoms with van der Waals surface area (Å²) < 4.78 is 5.73. The summed E-state index contributed by atoms with van der Waals surface area (Å²) in [4.78, 5) is 0. The minimum atomic E-state index is 0.194. The van der Waals surface area contributed by atoms with Crippen molar-refractivity contribution >= 4 is 0 Å². The van der Waals surface area contributed by atoms with Crippen LogP contribution in [-0.2, 0) is 4.74 Å². The molecule has 1 atom stereocenters. The third-order valence-corrected chi connectivity index (χ3v) is 3.96. The second-order valence-electron chi connectivity index (χ2n) is 5.32. The zero-order valence-corrected chi connectivity index (χ0v) is 11.6. The lowest BCUT2D eigenvalue weighted by Gasteiger charge is -2.43. The van der Waals surface area contributed by atoms with E-state index < -0.39 is 0 Å². The molecular weight excluding hydrogens is 210 g/mol. The Kier molecular flexibility index (Phi) is 6.83. The van der Waals surface area contributed by atoms with Gasteiger partial charge < -0.3 is 10.1 Å². The molecule has 0 amide bonds. The number of rotatable bonds is 10. The van der Waals surface area contributed by atoms with E-state index in [-0.39, 0.29) is 5.60 Å². The molecule has 0 spiro atoms. The average Bonchev–Trinajstić information content (AvgIpc) is 2.30. The lowest BCUT2D eigenvalue weighted by Crippen LogP contribution is -2.46. The topological polar surface area (TPSA) is 21.3 Å². The third-order valence-electron chi connectivity index (χ3n) is 3.96. The molecule has 1 aliphatic rings. The van der Waals surface area contributed by atoms with Gasteiger partial charge in [0, 0.05) is 13.2 Å². The maximum atomic E-state index is 5.73. The van der Waals surface area contributed by atoms with Crippen LogP contribution in [0.1, 0.15) is 58.3 Å². The van der Waals surface area contributed by atoms with E-state index in [1.807, 2.05) is 13.2 Å². The summed E-state index contributed by atoms with van der Waals surface area (Å²) in [6.07, 6.45) is 11.8. The normalized spacial score (nSPS) is 19.6. The van der Waals surface area contributed by atoms with Gasteiger partial charge in [0.1, 0.15) is 0 Å². The molecule has 0 saturated heterocycles. The van der Waals surface area contributed by atoms with Crippen molar-refractivity contribution in [2.24, 2.45) is 0 Å². The quantitative estimate of drug-likeness (QED) is 0.464. The first-order chi connectivity index (χ1) is 8.26. The van der Waals surface area contributed by atoms with Crippen molar-refractivity contribution < 1.29 is 4.74 Å². The van der Waals surface area contributed by atoms with E-state index >= 15 is 0 Å². The van der Waals surface area contributed by atoms with Crippen molar-refractivity contribution in [1.82, 2.24) is 5.32 Å². The monoisotopic (exact) mass is 239 g/mol. The van der Waals surface area contributed by atoms with E-state index in [1.165, 1.54) is 44.9 Å². The van der Waals surface area contributed by atoms with Crippen molar-refractivity contribution in [2.45, 2.75) is 69.9 Å². The fourth-order valence-corrected chi connectivity index (χ4v) is 2.65.